The van der Waals surface area contributed by atoms with Crippen LogP contribution < -0.4 is 5.32 Å². The van der Waals surface area contributed by atoms with Crippen molar-refractivity contribution in [1.29, 1.82) is 0 Å². The van der Waals surface area contributed by atoms with Crippen molar-refractivity contribution in [3.8, 4) is 0 Å². The maximum atomic E-state index is 12.8. The molecule has 6 nitrogen and oxygen atoms in total. The number of halogens is 2. The van der Waals surface area contributed by atoms with Crippen LogP contribution in [0.25, 0.3) is 0 Å². The lowest BCUT2D eigenvalue weighted by molar-refractivity contribution is -0.119. The minimum absolute atomic E-state index is 0.155. The summed E-state index contributed by atoms with van der Waals surface area (Å²) in [6.07, 6.45) is 4.00. The van der Waals surface area contributed by atoms with Crippen LogP contribution in [0, 0.1) is 13.8 Å². The predicted molar refractivity (Wildman–Crippen MR) is 107 cm³/mol. The highest BCUT2D eigenvalue weighted by atomic mass is 35.5. The Balaban J connectivity index is 1.73. The lowest BCUT2D eigenvalue weighted by atomic mass is 10.2. The second-order valence-electron chi connectivity index (χ2n) is 6.36. The number of aryl methyl sites for hydroxylation is 1. The first-order chi connectivity index (χ1) is 12.9. The monoisotopic (exact) mass is 405 g/mol. The zero-order valence-corrected chi connectivity index (χ0v) is 16.9. The van der Waals surface area contributed by atoms with Crippen LogP contribution in [0.15, 0.2) is 36.7 Å². The first-order valence-corrected chi connectivity index (χ1v) is 9.44. The van der Waals surface area contributed by atoms with Gasteiger partial charge in [-0.05, 0) is 31.9 Å². The molecule has 1 N–H and O–H groups in total. The number of aromatic nitrogens is 4. The second-order valence-corrected chi connectivity index (χ2v) is 7.15. The van der Waals surface area contributed by atoms with Gasteiger partial charge in [-0.2, -0.15) is 10.2 Å². The number of carbonyl (C=O) groups excluding carboxylic acids is 1. The standard InChI is InChI=1S/C19H21Cl2N5O/c1-4-17(26-13(3)18(21)12(2)24-26)19(27)23-15-9-22-25(11-15)10-14-7-5-6-8-16(14)20/h5-9,11,17H,4,10H2,1-3H3,(H,23,27). The van der Waals surface area contributed by atoms with Crippen LogP contribution in [0.1, 0.15) is 36.3 Å². The Bertz CT molecular complexity index is 963. The van der Waals surface area contributed by atoms with Crippen molar-refractivity contribution in [3.63, 3.8) is 0 Å². The number of benzene rings is 1. The van der Waals surface area contributed by atoms with Crippen LogP contribution in [-0.4, -0.2) is 25.5 Å². The zero-order valence-electron chi connectivity index (χ0n) is 15.4. The third-order valence-corrected chi connectivity index (χ3v) is 5.33. The van der Waals surface area contributed by atoms with Gasteiger partial charge in [-0.3, -0.25) is 14.2 Å². The first kappa shape index (κ1) is 19.5. The van der Waals surface area contributed by atoms with Gasteiger partial charge in [-0.25, -0.2) is 0 Å². The highest BCUT2D eigenvalue weighted by Gasteiger charge is 2.23. The summed E-state index contributed by atoms with van der Waals surface area (Å²) in [4.78, 5) is 12.8. The summed E-state index contributed by atoms with van der Waals surface area (Å²) in [7, 11) is 0. The predicted octanol–water partition coefficient (Wildman–Crippen LogP) is 4.64. The number of hydrogen-bond donors (Lipinski definition) is 1. The van der Waals surface area contributed by atoms with Gasteiger partial charge >= 0.3 is 0 Å². The molecule has 1 aromatic carbocycles. The van der Waals surface area contributed by atoms with Gasteiger partial charge in [0.15, 0.2) is 0 Å². The maximum absolute atomic E-state index is 12.8. The van der Waals surface area contributed by atoms with Gasteiger partial charge in [-0.1, -0.05) is 48.3 Å². The molecular weight excluding hydrogens is 385 g/mol. The molecule has 0 aliphatic carbocycles. The number of amides is 1. The fraction of sp³-hybridized carbons (Fsp3) is 0.316. The fourth-order valence-corrected chi connectivity index (χ4v) is 3.28. The summed E-state index contributed by atoms with van der Waals surface area (Å²) in [5.41, 5.74) is 3.08. The summed E-state index contributed by atoms with van der Waals surface area (Å²) >= 11 is 12.4. The van der Waals surface area contributed by atoms with E-state index in [2.05, 4.69) is 15.5 Å². The number of anilines is 1. The number of nitrogens with zero attached hydrogens (tertiary/aromatic N) is 4. The number of rotatable bonds is 6. The van der Waals surface area contributed by atoms with Gasteiger partial charge in [-0.15, -0.1) is 0 Å². The Kier molecular flexibility index (Phi) is 5.87. The zero-order chi connectivity index (χ0) is 19.6. The largest absolute Gasteiger partial charge is 0.322 e. The Morgan fingerprint density at radius 1 is 1.26 bits per heavy atom. The van der Waals surface area contributed by atoms with E-state index in [4.69, 9.17) is 23.2 Å². The van der Waals surface area contributed by atoms with Crippen LogP contribution in [0.4, 0.5) is 5.69 Å². The minimum atomic E-state index is -0.442. The SMILES string of the molecule is CCC(C(=O)Nc1cnn(Cc2ccccc2Cl)c1)n1nc(C)c(Cl)c1C. The summed E-state index contributed by atoms with van der Waals surface area (Å²) in [5.74, 6) is -0.155. The number of hydrogen-bond acceptors (Lipinski definition) is 3. The van der Waals surface area contributed by atoms with Crippen molar-refractivity contribution in [3.05, 3.63) is 63.7 Å². The van der Waals surface area contributed by atoms with Crippen molar-refractivity contribution in [2.75, 3.05) is 5.32 Å². The van der Waals surface area contributed by atoms with E-state index in [0.29, 0.717) is 34.4 Å². The van der Waals surface area contributed by atoms with Crippen LogP contribution in [-0.2, 0) is 11.3 Å². The van der Waals surface area contributed by atoms with Gasteiger partial charge in [0.05, 0.1) is 34.8 Å². The van der Waals surface area contributed by atoms with Crippen LogP contribution in [0.5, 0.6) is 0 Å². The third-order valence-electron chi connectivity index (χ3n) is 4.41. The molecule has 0 bridgehead atoms. The van der Waals surface area contributed by atoms with E-state index >= 15 is 0 Å². The Labute approximate surface area is 168 Å². The van der Waals surface area contributed by atoms with E-state index < -0.39 is 6.04 Å². The summed E-state index contributed by atoms with van der Waals surface area (Å²) in [6.45, 7) is 6.16. The molecule has 0 saturated heterocycles. The molecule has 8 heteroatoms. The summed E-state index contributed by atoms with van der Waals surface area (Å²) in [5, 5.41) is 12.9. The van der Waals surface area contributed by atoms with Crippen molar-refractivity contribution in [2.45, 2.75) is 39.8 Å². The number of nitrogens with one attached hydrogen (secondary N) is 1. The van der Waals surface area contributed by atoms with Crippen molar-refractivity contribution >= 4 is 34.8 Å². The molecule has 2 heterocycles. The van der Waals surface area contributed by atoms with Crippen molar-refractivity contribution < 1.29 is 4.79 Å². The van der Waals surface area contributed by atoms with Crippen molar-refractivity contribution in [2.24, 2.45) is 0 Å². The highest BCUT2D eigenvalue weighted by molar-refractivity contribution is 6.32. The Morgan fingerprint density at radius 2 is 2.00 bits per heavy atom. The second kappa shape index (κ2) is 8.15. The summed E-state index contributed by atoms with van der Waals surface area (Å²) in [6, 6.07) is 7.16. The Hall–Kier alpha value is -2.31. The molecule has 27 heavy (non-hydrogen) atoms. The molecule has 1 atom stereocenters. The van der Waals surface area contributed by atoms with Gasteiger partial charge in [0, 0.05) is 11.2 Å². The van der Waals surface area contributed by atoms with E-state index in [-0.39, 0.29) is 5.91 Å². The van der Waals surface area contributed by atoms with Crippen LogP contribution in [0.2, 0.25) is 10.0 Å². The van der Waals surface area contributed by atoms with Gasteiger partial charge in [0.1, 0.15) is 6.04 Å². The Morgan fingerprint density at radius 3 is 2.63 bits per heavy atom. The van der Waals surface area contributed by atoms with Gasteiger partial charge in [0.2, 0.25) is 5.91 Å². The van der Waals surface area contributed by atoms with Gasteiger partial charge < -0.3 is 5.32 Å². The molecule has 0 radical (unpaired) electrons. The molecule has 1 amide bonds. The van der Waals surface area contributed by atoms with E-state index in [1.165, 1.54) is 0 Å². The van der Waals surface area contributed by atoms with Crippen LogP contribution in [0.3, 0.4) is 0 Å². The molecule has 3 aromatic rings. The highest BCUT2D eigenvalue weighted by Crippen LogP contribution is 2.25. The topological polar surface area (TPSA) is 64.7 Å². The quantitative estimate of drug-likeness (QED) is 0.649. The lowest BCUT2D eigenvalue weighted by Gasteiger charge is -2.16. The average Bonchev–Trinajstić information content (AvgIpc) is 3.18. The molecule has 0 aliphatic rings. The first-order valence-electron chi connectivity index (χ1n) is 8.68. The number of carbonyl (C=O) groups is 1. The molecule has 0 spiro atoms. The fourth-order valence-electron chi connectivity index (χ4n) is 2.96. The van der Waals surface area contributed by atoms with E-state index in [0.717, 1.165) is 11.3 Å². The minimum Gasteiger partial charge on any atom is -0.322 e. The smallest absolute Gasteiger partial charge is 0.249 e. The molecule has 1 unspecified atom stereocenters. The molecule has 2 aromatic heterocycles. The van der Waals surface area contributed by atoms with Crippen molar-refractivity contribution in [1.82, 2.24) is 19.6 Å². The van der Waals surface area contributed by atoms with E-state index in [9.17, 15) is 4.79 Å². The van der Waals surface area contributed by atoms with E-state index in [1.807, 2.05) is 45.0 Å². The normalized spacial score (nSPS) is 12.2. The third kappa shape index (κ3) is 4.17. The molecule has 142 valence electrons. The maximum Gasteiger partial charge on any atom is 0.249 e. The summed E-state index contributed by atoms with van der Waals surface area (Å²) < 4.78 is 3.42. The molecule has 3 rings (SSSR count). The molecular formula is C19H21Cl2N5O. The van der Waals surface area contributed by atoms with Crippen LogP contribution >= 0.6 is 23.2 Å². The van der Waals surface area contributed by atoms with E-state index in [1.54, 1.807) is 21.8 Å². The van der Waals surface area contributed by atoms with Gasteiger partial charge in [0.25, 0.3) is 0 Å². The lowest BCUT2D eigenvalue weighted by Crippen LogP contribution is -2.27. The molecule has 0 fully saturated rings. The molecule has 0 aliphatic heterocycles. The molecule has 0 saturated carbocycles. The average molecular weight is 406 g/mol.